The van der Waals surface area contributed by atoms with E-state index in [1.54, 1.807) is 0 Å². The first kappa shape index (κ1) is 16.2. The summed E-state index contributed by atoms with van der Waals surface area (Å²) in [7, 11) is 0. The lowest BCUT2D eigenvalue weighted by molar-refractivity contribution is -0.122. The molecule has 1 saturated heterocycles. The monoisotopic (exact) mass is 336 g/mol. The summed E-state index contributed by atoms with van der Waals surface area (Å²) in [6, 6.07) is 18.3. The predicted octanol–water partition coefficient (Wildman–Crippen LogP) is 2.70. The Bertz CT molecular complexity index is 710. The second kappa shape index (κ2) is 7.28. The Labute approximate surface area is 148 Å². The number of carbonyl (C=O) groups is 1. The van der Waals surface area contributed by atoms with E-state index >= 15 is 0 Å². The topological polar surface area (TPSA) is 50.4 Å². The largest absolute Gasteiger partial charge is 0.489 e. The summed E-state index contributed by atoms with van der Waals surface area (Å²) in [4.78, 5) is 12.2. The van der Waals surface area contributed by atoms with Crippen LogP contribution in [0.3, 0.4) is 0 Å². The predicted molar refractivity (Wildman–Crippen MR) is 97.4 cm³/mol. The van der Waals surface area contributed by atoms with E-state index in [9.17, 15) is 4.79 Å². The van der Waals surface area contributed by atoms with Crippen molar-refractivity contribution in [3.8, 4) is 5.75 Å². The van der Waals surface area contributed by atoms with Gasteiger partial charge in [0.25, 0.3) is 0 Å². The fraction of sp³-hybridized carbons (Fsp3) is 0.381. The van der Waals surface area contributed by atoms with Gasteiger partial charge in [0.1, 0.15) is 12.4 Å². The van der Waals surface area contributed by atoms with E-state index in [0.29, 0.717) is 18.4 Å². The van der Waals surface area contributed by atoms with Crippen molar-refractivity contribution in [2.45, 2.75) is 18.9 Å². The van der Waals surface area contributed by atoms with Crippen LogP contribution in [0.2, 0.25) is 0 Å². The highest BCUT2D eigenvalue weighted by Gasteiger charge is 2.43. The highest BCUT2D eigenvalue weighted by atomic mass is 16.5. The van der Waals surface area contributed by atoms with Gasteiger partial charge in [-0.25, -0.2) is 0 Å². The van der Waals surface area contributed by atoms with Crippen LogP contribution >= 0.6 is 0 Å². The van der Waals surface area contributed by atoms with Gasteiger partial charge in [0.05, 0.1) is 0 Å². The molecular formula is C21H24N2O2. The molecule has 2 aromatic carbocycles. The SMILES string of the molecule is O=C(NCC1CNC1)C1CC1c1ccc(OCc2ccccc2)cc1. The van der Waals surface area contributed by atoms with Crippen LogP contribution in [0.25, 0.3) is 0 Å². The third-order valence-corrected chi connectivity index (χ3v) is 5.11. The zero-order valence-corrected chi connectivity index (χ0v) is 14.3. The zero-order valence-electron chi connectivity index (χ0n) is 14.3. The molecule has 4 heteroatoms. The first-order valence-electron chi connectivity index (χ1n) is 9.05. The Balaban J connectivity index is 1.25. The van der Waals surface area contributed by atoms with Gasteiger partial charge < -0.3 is 15.4 Å². The molecule has 130 valence electrons. The molecule has 0 spiro atoms. The van der Waals surface area contributed by atoms with Crippen molar-refractivity contribution < 1.29 is 9.53 Å². The fourth-order valence-corrected chi connectivity index (χ4v) is 3.27. The maximum Gasteiger partial charge on any atom is 0.223 e. The van der Waals surface area contributed by atoms with Crippen molar-refractivity contribution in [1.82, 2.24) is 10.6 Å². The van der Waals surface area contributed by atoms with Gasteiger partial charge in [-0.3, -0.25) is 4.79 Å². The van der Waals surface area contributed by atoms with Gasteiger partial charge in [-0.15, -0.1) is 0 Å². The number of nitrogens with one attached hydrogen (secondary N) is 2. The number of carbonyl (C=O) groups excluding carboxylic acids is 1. The number of hydrogen-bond donors (Lipinski definition) is 2. The number of amides is 1. The van der Waals surface area contributed by atoms with Crippen molar-refractivity contribution in [3.63, 3.8) is 0 Å². The van der Waals surface area contributed by atoms with Crippen molar-refractivity contribution >= 4 is 5.91 Å². The normalized spacial score (nSPS) is 22.1. The second-order valence-corrected chi connectivity index (χ2v) is 7.06. The molecule has 1 amide bonds. The summed E-state index contributed by atoms with van der Waals surface area (Å²) >= 11 is 0. The highest BCUT2D eigenvalue weighted by Crippen LogP contribution is 2.47. The van der Waals surface area contributed by atoms with Crippen LogP contribution in [0.5, 0.6) is 5.75 Å². The highest BCUT2D eigenvalue weighted by molar-refractivity contribution is 5.82. The van der Waals surface area contributed by atoms with Gasteiger partial charge in [0.2, 0.25) is 5.91 Å². The summed E-state index contributed by atoms with van der Waals surface area (Å²) in [5.74, 6) is 2.20. The Morgan fingerprint density at radius 3 is 2.52 bits per heavy atom. The standard InChI is InChI=1S/C21H24N2O2/c24-21(23-13-16-11-22-12-16)20-10-19(20)17-6-8-18(9-7-17)25-14-15-4-2-1-3-5-15/h1-9,16,19-20,22H,10-14H2,(H,23,24). The molecule has 1 saturated carbocycles. The van der Waals surface area contributed by atoms with E-state index in [4.69, 9.17) is 4.74 Å². The van der Waals surface area contributed by atoms with Crippen LogP contribution < -0.4 is 15.4 Å². The molecule has 0 radical (unpaired) electrons. The summed E-state index contributed by atoms with van der Waals surface area (Å²) in [6.07, 6.45) is 0.957. The molecule has 2 aliphatic rings. The van der Waals surface area contributed by atoms with Crippen LogP contribution in [-0.2, 0) is 11.4 Å². The third-order valence-electron chi connectivity index (χ3n) is 5.11. The number of hydrogen-bond acceptors (Lipinski definition) is 3. The molecule has 4 nitrogen and oxygen atoms in total. The Morgan fingerprint density at radius 1 is 1.08 bits per heavy atom. The van der Waals surface area contributed by atoms with Crippen LogP contribution in [0.1, 0.15) is 23.5 Å². The van der Waals surface area contributed by atoms with Gasteiger partial charge in [-0.1, -0.05) is 42.5 Å². The van der Waals surface area contributed by atoms with Crippen LogP contribution in [0, 0.1) is 11.8 Å². The molecule has 25 heavy (non-hydrogen) atoms. The molecule has 4 rings (SSSR count). The summed E-state index contributed by atoms with van der Waals surface area (Å²) in [5.41, 5.74) is 2.39. The van der Waals surface area contributed by atoms with Crippen molar-refractivity contribution in [2.24, 2.45) is 11.8 Å². The average molecular weight is 336 g/mol. The van der Waals surface area contributed by atoms with E-state index in [1.165, 1.54) is 5.56 Å². The van der Waals surface area contributed by atoms with Crippen LogP contribution in [0.15, 0.2) is 54.6 Å². The minimum atomic E-state index is 0.143. The van der Waals surface area contributed by atoms with Gasteiger partial charge in [-0.2, -0.15) is 0 Å². The van der Waals surface area contributed by atoms with E-state index in [1.807, 2.05) is 30.3 Å². The molecule has 1 aliphatic heterocycles. The minimum Gasteiger partial charge on any atom is -0.489 e. The molecular weight excluding hydrogens is 312 g/mol. The average Bonchev–Trinajstić information content (AvgIpc) is 3.41. The van der Waals surface area contributed by atoms with E-state index in [0.717, 1.165) is 37.4 Å². The van der Waals surface area contributed by atoms with E-state index in [2.05, 4.69) is 34.9 Å². The van der Waals surface area contributed by atoms with Gasteiger partial charge in [0, 0.05) is 31.5 Å². The van der Waals surface area contributed by atoms with Crippen molar-refractivity contribution in [3.05, 3.63) is 65.7 Å². The molecule has 2 fully saturated rings. The molecule has 2 aromatic rings. The summed E-state index contributed by atoms with van der Waals surface area (Å²) in [6.45, 7) is 3.43. The zero-order chi connectivity index (χ0) is 17.1. The lowest BCUT2D eigenvalue weighted by atomic mass is 10.0. The lowest BCUT2D eigenvalue weighted by Gasteiger charge is -2.27. The molecule has 0 aromatic heterocycles. The lowest BCUT2D eigenvalue weighted by Crippen LogP contribution is -2.48. The van der Waals surface area contributed by atoms with Gasteiger partial charge in [-0.05, 0) is 35.6 Å². The number of ether oxygens (including phenoxy) is 1. The third kappa shape index (κ3) is 4.02. The van der Waals surface area contributed by atoms with Crippen LogP contribution in [0.4, 0.5) is 0 Å². The fourth-order valence-electron chi connectivity index (χ4n) is 3.27. The maximum atomic E-state index is 12.2. The molecule has 2 unspecified atom stereocenters. The molecule has 1 aliphatic carbocycles. The van der Waals surface area contributed by atoms with Gasteiger partial charge >= 0.3 is 0 Å². The molecule has 2 N–H and O–H groups in total. The smallest absolute Gasteiger partial charge is 0.223 e. The van der Waals surface area contributed by atoms with E-state index < -0.39 is 0 Å². The Kier molecular flexibility index (Phi) is 4.70. The molecule has 2 atom stereocenters. The first-order chi connectivity index (χ1) is 12.3. The molecule has 0 bridgehead atoms. The number of rotatable bonds is 7. The van der Waals surface area contributed by atoms with Gasteiger partial charge in [0.15, 0.2) is 0 Å². The van der Waals surface area contributed by atoms with E-state index in [-0.39, 0.29) is 11.8 Å². The number of benzene rings is 2. The van der Waals surface area contributed by atoms with Crippen LogP contribution in [-0.4, -0.2) is 25.5 Å². The Hall–Kier alpha value is -2.33. The summed E-state index contributed by atoms with van der Waals surface area (Å²) in [5, 5.41) is 6.32. The first-order valence-corrected chi connectivity index (χ1v) is 9.05. The van der Waals surface area contributed by atoms with Crippen molar-refractivity contribution in [2.75, 3.05) is 19.6 Å². The van der Waals surface area contributed by atoms with Crippen molar-refractivity contribution in [1.29, 1.82) is 0 Å². The maximum absolute atomic E-state index is 12.2. The molecule has 1 heterocycles. The minimum absolute atomic E-state index is 0.143. The Morgan fingerprint density at radius 2 is 1.84 bits per heavy atom. The second-order valence-electron chi connectivity index (χ2n) is 7.06. The summed E-state index contributed by atoms with van der Waals surface area (Å²) < 4.78 is 5.82. The quantitative estimate of drug-likeness (QED) is 0.817.